The molecule has 9 rings (SSSR count). The summed E-state index contributed by atoms with van der Waals surface area (Å²) in [7, 11) is 0. The molecule has 0 atom stereocenters. The summed E-state index contributed by atoms with van der Waals surface area (Å²) in [4.78, 5) is 0. The summed E-state index contributed by atoms with van der Waals surface area (Å²) in [5, 5.41) is 8.21. The van der Waals surface area contributed by atoms with Crippen molar-refractivity contribution in [2.75, 3.05) is 0 Å². The number of allylic oxidation sites excluding steroid dienone is 1. The number of fused-ring (bicyclic) bond motifs is 4. The van der Waals surface area contributed by atoms with Crippen molar-refractivity contribution in [3.63, 3.8) is 0 Å². The molecule has 1 heteroatoms. The van der Waals surface area contributed by atoms with E-state index in [0.717, 1.165) is 13.0 Å². The van der Waals surface area contributed by atoms with Crippen LogP contribution in [0, 0.1) is 13.8 Å². The number of hydrogen-bond donors (Lipinski definition) is 0. The molecule has 0 spiro atoms. The van der Waals surface area contributed by atoms with Gasteiger partial charge in [-0.25, -0.2) is 0 Å². The van der Waals surface area contributed by atoms with Gasteiger partial charge in [0.15, 0.2) is 0 Å². The fourth-order valence-corrected chi connectivity index (χ4v) is 6.60. The highest BCUT2D eigenvalue weighted by Gasteiger charge is 2.10. The van der Waals surface area contributed by atoms with E-state index in [1.165, 1.54) is 71.2 Å². The number of benzene rings is 7. The first-order valence-corrected chi connectivity index (χ1v) is 16.6. The largest absolute Gasteiger partial charge is 0.341 e. The lowest BCUT2D eigenvalue weighted by Gasteiger charge is -2.15. The van der Waals surface area contributed by atoms with E-state index in [0.29, 0.717) is 0 Å². The number of para-hydroxylation sites is 2. The SMILES string of the molecule is CC1=Cc2cccc3cccc(c23)C1.CCn1c2ccccc2c2ccccc21.Cc1cccc2ccccc12.Cc1ccccc1. The van der Waals surface area contributed by atoms with Gasteiger partial charge in [0.25, 0.3) is 0 Å². The van der Waals surface area contributed by atoms with Gasteiger partial charge in [0.1, 0.15) is 0 Å². The summed E-state index contributed by atoms with van der Waals surface area (Å²) in [5.74, 6) is 0. The monoisotopic (exact) mass is 609 g/mol. The summed E-state index contributed by atoms with van der Waals surface area (Å²) in [5.41, 5.74) is 9.64. The highest BCUT2D eigenvalue weighted by atomic mass is 15.0. The van der Waals surface area contributed by atoms with Crippen LogP contribution in [-0.2, 0) is 13.0 Å². The number of hydrogen-bond acceptors (Lipinski definition) is 0. The topological polar surface area (TPSA) is 4.93 Å². The molecular weight excluding hydrogens is 567 g/mol. The highest BCUT2D eigenvalue weighted by Crippen LogP contribution is 2.31. The van der Waals surface area contributed by atoms with Crippen molar-refractivity contribution in [2.45, 2.75) is 40.7 Å². The average molecular weight is 610 g/mol. The second-order valence-electron chi connectivity index (χ2n) is 12.3. The predicted molar refractivity (Wildman–Crippen MR) is 206 cm³/mol. The van der Waals surface area contributed by atoms with Crippen molar-refractivity contribution >= 4 is 49.4 Å². The smallest absolute Gasteiger partial charge is 0.0491 e. The molecule has 1 heterocycles. The maximum Gasteiger partial charge on any atom is 0.0491 e. The van der Waals surface area contributed by atoms with Gasteiger partial charge >= 0.3 is 0 Å². The second kappa shape index (κ2) is 14.8. The molecule has 47 heavy (non-hydrogen) atoms. The third kappa shape index (κ3) is 7.21. The summed E-state index contributed by atoms with van der Waals surface area (Å²) in [6.45, 7) is 9.64. The van der Waals surface area contributed by atoms with E-state index in [-0.39, 0.29) is 0 Å². The Labute approximate surface area is 279 Å². The third-order valence-electron chi connectivity index (χ3n) is 8.84. The van der Waals surface area contributed by atoms with Gasteiger partial charge in [-0.15, -0.1) is 0 Å². The quantitative estimate of drug-likeness (QED) is 0.174. The Morgan fingerprint density at radius 1 is 0.489 bits per heavy atom. The maximum absolute atomic E-state index is 2.37. The van der Waals surface area contributed by atoms with E-state index < -0.39 is 0 Å². The molecular formula is C46H43N. The Hall–Kier alpha value is -5.40. The van der Waals surface area contributed by atoms with Crippen LogP contribution in [0.2, 0.25) is 0 Å². The van der Waals surface area contributed by atoms with Gasteiger partial charge in [0.2, 0.25) is 0 Å². The maximum atomic E-state index is 2.37. The fraction of sp³-hybridized carbons (Fsp3) is 0.130. The third-order valence-corrected chi connectivity index (χ3v) is 8.84. The molecule has 0 N–H and O–H groups in total. The van der Waals surface area contributed by atoms with Gasteiger partial charge in [0, 0.05) is 28.4 Å². The Morgan fingerprint density at radius 3 is 1.64 bits per heavy atom. The number of rotatable bonds is 1. The standard InChI is InChI=1S/C14H13N.C14H12.C11H10.C7H8/c1-2-15-13-9-5-3-7-11(13)12-8-4-6-10-14(12)15;1-10-8-12-6-2-4-11-5-3-7-13(9-10)14(11)12;1-9-5-4-7-10-6-2-3-8-11(9)10;1-7-5-3-2-4-6-7/h3-10H,2H2,1H3;2-8H,9H2,1H3;2-8H,1H3;2-6H,1H3. The van der Waals surface area contributed by atoms with Crippen LogP contribution in [0.15, 0.2) is 163 Å². The Kier molecular flexibility index (Phi) is 9.94. The number of aryl methyl sites for hydroxylation is 3. The van der Waals surface area contributed by atoms with Gasteiger partial charge in [-0.05, 0) is 84.5 Å². The van der Waals surface area contributed by atoms with Crippen LogP contribution in [-0.4, -0.2) is 4.57 Å². The van der Waals surface area contributed by atoms with Crippen LogP contribution < -0.4 is 0 Å². The Morgan fingerprint density at radius 2 is 1.02 bits per heavy atom. The number of aromatic nitrogens is 1. The minimum atomic E-state index is 1.02. The van der Waals surface area contributed by atoms with E-state index >= 15 is 0 Å². The van der Waals surface area contributed by atoms with Gasteiger partial charge in [-0.1, -0.05) is 163 Å². The van der Waals surface area contributed by atoms with Crippen molar-refractivity contribution in [1.29, 1.82) is 0 Å². The molecule has 1 aliphatic rings. The van der Waals surface area contributed by atoms with E-state index in [1.807, 2.05) is 18.2 Å². The van der Waals surface area contributed by atoms with Crippen LogP contribution >= 0.6 is 0 Å². The van der Waals surface area contributed by atoms with Gasteiger partial charge in [0.05, 0.1) is 0 Å². The van der Waals surface area contributed by atoms with Crippen molar-refractivity contribution in [2.24, 2.45) is 0 Å². The van der Waals surface area contributed by atoms with Crippen molar-refractivity contribution < 1.29 is 0 Å². The molecule has 0 fully saturated rings. The lowest BCUT2D eigenvalue weighted by atomic mass is 9.90. The highest BCUT2D eigenvalue weighted by molar-refractivity contribution is 6.08. The molecule has 0 radical (unpaired) electrons. The van der Waals surface area contributed by atoms with Crippen LogP contribution in [0.3, 0.4) is 0 Å². The first kappa shape index (κ1) is 31.6. The molecule has 0 bridgehead atoms. The summed E-state index contributed by atoms with van der Waals surface area (Å²) in [6.07, 6.45) is 3.41. The molecule has 1 aromatic heterocycles. The molecule has 0 aliphatic heterocycles. The van der Waals surface area contributed by atoms with E-state index in [1.54, 1.807) is 0 Å². The van der Waals surface area contributed by atoms with Crippen LogP contribution in [0.25, 0.3) is 49.4 Å². The normalized spacial score (nSPS) is 11.5. The van der Waals surface area contributed by atoms with Crippen LogP contribution in [0.4, 0.5) is 0 Å². The summed E-state index contributed by atoms with van der Waals surface area (Å²) < 4.78 is 2.37. The molecule has 1 nitrogen and oxygen atoms in total. The molecule has 8 aromatic rings. The first-order chi connectivity index (χ1) is 23.0. The average Bonchev–Trinajstić information content (AvgIpc) is 3.44. The van der Waals surface area contributed by atoms with Gasteiger partial charge in [-0.2, -0.15) is 0 Å². The van der Waals surface area contributed by atoms with E-state index in [2.05, 4.69) is 178 Å². The van der Waals surface area contributed by atoms with Crippen LogP contribution in [0.1, 0.15) is 36.1 Å². The zero-order valence-electron chi connectivity index (χ0n) is 27.9. The zero-order chi connectivity index (χ0) is 32.6. The second-order valence-corrected chi connectivity index (χ2v) is 12.3. The van der Waals surface area contributed by atoms with Crippen molar-refractivity contribution in [1.82, 2.24) is 4.57 Å². The summed E-state index contributed by atoms with van der Waals surface area (Å²) in [6, 6.07) is 55.4. The molecule has 0 amide bonds. The van der Waals surface area contributed by atoms with E-state index in [4.69, 9.17) is 0 Å². The minimum absolute atomic E-state index is 1.02. The lowest BCUT2D eigenvalue weighted by Crippen LogP contribution is -1.96. The fourth-order valence-electron chi connectivity index (χ4n) is 6.60. The molecule has 232 valence electrons. The molecule has 7 aromatic carbocycles. The van der Waals surface area contributed by atoms with Gasteiger partial charge < -0.3 is 4.57 Å². The molecule has 0 saturated carbocycles. The van der Waals surface area contributed by atoms with Crippen molar-refractivity contribution in [3.8, 4) is 0 Å². The molecule has 0 saturated heterocycles. The number of nitrogens with zero attached hydrogens (tertiary/aromatic N) is 1. The van der Waals surface area contributed by atoms with Crippen LogP contribution in [0.5, 0.6) is 0 Å². The van der Waals surface area contributed by atoms with E-state index in [9.17, 15) is 0 Å². The molecule has 0 unspecified atom stereocenters. The first-order valence-electron chi connectivity index (χ1n) is 16.6. The zero-order valence-corrected chi connectivity index (χ0v) is 27.9. The Balaban J connectivity index is 0.000000113. The predicted octanol–water partition coefficient (Wildman–Crippen LogP) is 12.8. The minimum Gasteiger partial charge on any atom is -0.341 e. The summed E-state index contributed by atoms with van der Waals surface area (Å²) >= 11 is 0. The lowest BCUT2D eigenvalue weighted by molar-refractivity contribution is 0.827. The van der Waals surface area contributed by atoms with Gasteiger partial charge in [-0.3, -0.25) is 0 Å². The van der Waals surface area contributed by atoms with Crippen molar-refractivity contribution in [3.05, 3.63) is 186 Å². The Bertz CT molecular complexity index is 2220. The molecule has 1 aliphatic carbocycles.